The van der Waals surface area contributed by atoms with Crippen molar-refractivity contribution in [3.05, 3.63) is 24.3 Å². The van der Waals surface area contributed by atoms with E-state index >= 15 is 0 Å². The smallest absolute Gasteiger partial charge is 0.305 e. The van der Waals surface area contributed by atoms with E-state index in [0.29, 0.717) is 25.9 Å². The summed E-state index contributed by atoms with van der Waals surface area (Å²) in [6, 6.07) is -0.537. The quantitative estimate of drug-likeness (QED) is 0.0320. The number of aliphatic hydroxyl groups is 2. The highest BCUT2D eigenvalue weighted by atomic mass is 16.5. The highest BCUT2D eigenvalue weighted by Gasteiger charge is 2.20. The third-order valence-corrected chi connectivity index (χ3v) is 18.0. The molecule has 0 aliphatic carbocycles. The van der Waals surface area contributed by atoms with Crippen molar-refractivity contribution in [3.63, 3.8) is 0 Å². The first kappa shape index (κ1) is 81.3. The van der Waals surface area contributed by atoms with Crippen LogP contribution in [0, 0.1) is 0 Å². The van der Waals surface area contributed by atoms with Crippen molar-refractivity contribution in [2.75, 3.05) is 13.2 Å². The van der Waals surface area contributed by atoms with Crippen LogP contribution in [0.15, 0.2) is 24.3 Å². The molecule has 0 aromatic heterocycles. The number of nitrogens with one attached hydrogen (secondary N) is 1. The lowest BCUT2D eigenvalue weighted by Crippen LogP contribution is -2.45. The van der Waals surface area contributed by atoms with Gasteiger partial charge in [0.05, 0.1) is 25.4 Å². The predicted octanol–water partition coefficient (Wildman–Crippen LogP) is 24.9. The normalized spacial score (nSPS) is 12.6. The molecule has 0 aliphatic heterocycles. The van der Waals surface area contributed by atoms with Crippen LogP contribution >= 0.6 is 0 Å². The molecule has 6 nitrogen and oxygen atoms in total. The minimum Gasteiger partial charge on any atom is -0.466 e. The summed E-state index contributed by atoms with van der Waals surface area (Å²) < 4.78 is 5.48. The van der Waals surface area contributed by atoms with Crippen LogP contribution in [0.4, 0.5) is 0 Å². The van der Waals surface area contributed by atoms with E-state index in [1.165, 1.54) is 347 Å². The maximum absolute atomic E-state index is 12.5. The molecule has 2 unspecified atom stereocenters. The van der Waals surface area contributed by atoms with E-state index in [9.17, 15) is 19.8 Å². The topological polar surface area (TPSA) is 95.9 Å². The Bertz CT molecular complexity index is 1300. The van der Waals surface area contributed by atoms with Crippen molar-refractivity contribution in [1.82, 2.24) is 5.32 Å². The Kier molecular flexibility index (Phi) is 71.4. The lowest BCUT2D eigenvalue weighted by molar-refractivity contribution is -0.143. The summed E-state index contributed by atoms with van der Waals surface area (Å²) in [7, 11) is 0. The van der Waals surface area contributed by atoms with Gasteiger partial charge in [-0.1, -0.05) is 391 Å². The summed E-state index contributed by atoms with van der Waals surface area (Å²) in [5.41, 5.74) is 0. The van der Waals surface area contributed by atoms with Crippen molar-refractivity contribution < 1.29 is 24.5 Å². The third kappa shape index (κ3) is 69.3. The third-order valence-electron chi connectivity index (χ3n) is 18.0. The van der Waals surface area contributed by atoms with Crippen LogP contribution in [0.25, 0.3) is 0 Å². The van der Waals surface area contributed by atoms with Gasteiger partial charge in [0, 0.05) is 12.8 Å². The van der Waals surface area contributed by atoms with Crippen molar-refractivity contribution >= 4 is 11.9 Å². The second-order valence-corrected chi connectivity index (χ2v) is 26.3. The second kappa shape index (κ2) is 72.8. The molecule has 0 rings (SSSR count). The molecule has 0 radical (unpaired) electrons. The first-order valence-electron chi connectivity index (χ1n) is 38.1. The van der Waals surface area contributed by atoms with Crippen LogP contribution in [0.3, 0.4) is 0 Å². The van der Waals surface area contributed by atoms with Gasteiger partial charge in [-0.2, -0.15) is 0 Å². The Morgan fingerprint density at radius 2 is 0.627 bits per heavy atom. The lowest BCUT2D eigenvalue weighted by atomic mass is 10.0. The summed E-state index contributed by atoms with van der Waals surface area (Å²) in [5.74, 6) is -0.0174. The largest absolute Gasteiger partial charge is 0.466 e. The SMILES string of the molecule is CCC/C=C\C/C=C\CCCCCCCC(=O)OCCCCCCCCCCCCCCCCCCCCCCCCCCCCCCCCCCCCCC(=O)NC(CO)C(O)CCCCCCCCCCCCCCCCCCCC. The van der Waals surface area contributed by atoms with Crippen LogP contribution in [0.5, 0.6) is 0 Å². The van der Waals surface area contributed by atoms with Gasteiger partial charge in [0.1, 0.15) is 0 Å². The van der Waals surface area contributed by atoms with Crippen molar-refractivity contribution in [1.29, 1.82) is 0 Å². The van der Waals surface area contributed by atoms with E-state index in [0.717, 1.165) is 51.4 Å². The average molecular weight is 1170 g/mol. The van der Waals surface area contributed by atoms with Gasteiger partial charge in [0.2, 0.25) is 5.91 Å². The standard InChI is InChI=1S/C77H149NO5/c1-3-5-7-9-11-13-15-17-18-19-39-42-46-49-53-57-61-65-69-75(80)74(73-79)78-76(81)70-66-62-58-54-50-47-43-40-37-35-33-31-29-27-25-23-21-20-22-24-26-28-30-32-34-36-38-41-44-48-52-56-60-64-68-72-83-77(82)71-67-63-59-55-51-45-16-14-12-10-8-6-4-2/h8,10,14,16,74-75,79-80H,3-7,9,11-13,15,17-73H2,1-2H3,(H,78,81)/b10-8-,16-14-. The number of esters is 1. The number of amides is 1. The van der Waals surface area contributed by atoms with Gasteiger partial charge in [-0.05, 0) is 51.4 Å². The van der Waals surface area contributed by atoms with Gasteiger partial charge < -0.3 is 20.3 Å². The fourth-order valence-corrected chi connectivity index (χ4v) is 12.2. The van der Waals surface area contributed by atoms with Crippen LogP contribution in [-0.2, 0) is 14.3 Å². The summed E-state index contributed by atoms with van der Waals surface area (Å²) in [4.78, 5) is 24.6. The van der Waals surface area contributed by atoms with Gasteiger partial charge >= 0.3 is 5.97 Å². The van der Waals surface area contributed by atoms with Crippen molar-refractivity contribution in [3.8, 4) is 0 Å². The number of carbonyl (C=O) groups is 2. The molecule has 0 fully saturated rings. The van der Waals surface area contributed by atoms with Gasteiger partial charge in [-0.15, -0.1) is 0 Å². The zero-order chi connectivity index (χ0) is 59.9. The molecule has 6 heteroatoms. The molecule has 0 bridgehead atoms. The zero-order valence-electron chi connectivity index (χ0n) is 56.5. The number of aliphatic hydroxyl groups excluding tert-OH is 2. The molecule has 2 atom stereocenters. The van der Waals surface area contributed by atoms with E-state index < -0.39 is 12.1 Å². The minimum absolute atomic E-state index is 0.00783. The predicted molar refractivity (Wildman–Crippen MR) is 366 cm³/mol. The van der Waals surface area contributed by atoms with Crippen molar-refractivity contribution in [2.45, 2.75) is 443 Å². The van der Waals surface area contributed by atoms with E-state index in [4.69, 9.17) is 4.74 Å². The fraction of sp³-hybridized carbons (Fsp3) is 0.922. The molecule has 1 amide bonds. The van der Waals surface area contributed by atoms with E-state index in [2.05, 4.69) is 43.5 Å². The Morgan fingerprint density at radius 1 is 0.337 bits per heavy atom. The van der Waals surface area contributed by atoms with Crippen molar-refractivity contribution in [2.24, 2.45) is 0 Å². The molecule has 0 spiro atoms. The van der Waals surface area contributed by atoms with Crippen LogP contribution < -0.4 is 5.32 Å². The summed E-state index contributed by atoms with van der Waals surface area (Å²) >= 11 is 0. The maximum Gasteiger partial charge on any atom is 0.305 e. The molecule has 492 valence electrons. The number of hydrogen-bond acceptors (Lipinski definition) is 5. The molecule has 3 N–H and O–H groups in total. The number of rotatable bonds is 72. The average Bonchev–Trinajstić information content (AvgIpc) is 3.49. The highest BCUT2D eigenvalue weighted by molar-refractivity contribution is 5.76. The Balaban J connectivity index is 3.31. The molecule has 0 aromatic carbocycles. The minimum atomic E-state index is -0.661. The first-order valence-corrected chi connectivity index (χ1v) is 38.1. The van der Waals surface area contributed by atoms with E-state index in [-0.39, 0.29) is 18.5 Å². The highest BCUT2D eigenvalue weighted by Crippen LogP contribution is 2.20. The van der Waals surface area contributed by atoms with E-state index in [1.54, 1.807) is 0 Å². The van der Waals surface area contributed by atoms with Crippen LogP contribution in [0.1, 0.15) is 431 Å². The molecule has 0 saturated carbocycles. The molecule has 0 aromatic rings. The number of unbranched alkanes of at least 4 members (excludes halogenated alkanes) is 57. The number of carbonyl (C=O) groups excluding carboxylic acids is 2. The van der Waals surface area contributed by atoms with Gasteiger partial charge in [0.15, 0.2) is 0 Å². The monoisotopic (exact) mass is 1170 g/mol. The van der Waals surface area contributed by atoms with E-state index in [1.807, 2.05) is 0 Å². The number of allylic oxidation sites excluding steroid dienone is 4. The van der Waals surface area contributed by atoms with Gasteiger partial charge in [0.25, 0.3) is 0 Å². The molecular formula is C77H149NO5. The fourth-order valence-electron chi connectivity index (χ4n) is 12.2. The molecule has 0 aliphatic rings. The second-order valence-electron chi connectivity index (χ2n) is 26.3. The molecular weight excluding hydrogens is 1020 g/mol. The number of ether oxygens (including phenoxy) is 1. The Labute approximate surface area is 520 Å². The lowest BCUT2D eigenvalue weighted by Gasteiger charge is -2.22. The zero-order valence-corrected chi connectivity index (χ0v) is 56.5. The number of hydrogen-bond donors (Lipinski definition) is 3. The molecule has 0 saturated heterocycles. The Morgan fingerprint density at radius 3 is 0.964 bits per heavy atom. The maximum atomic E-state index is 12.5. The molecule has 0 heterocycles. The van der Waals surface area contributed by atoms with Crippen LogP contribution in [0.2, 0.25) is 0 Å². The summed E-state index contributed by atoms with van der Waals surface area (Å²) in [6.07, 6.45) is 92.6. The van der Waals surface area contributed by atoms with Crippen LogP contribution in [-0.4, -0.2) is 47.4 Å². The summed E-state index contributed by atoms with van der Waals surface area (Å²) in [5, 5.41) is 23.4. The first-order chi connectivity index (χ1) is 41.0. The molecule has 83 heavy (non-hydrogen) atoms. The van der Waals surface area contributed by atoms with Gasteiger partial charge in [-0.3, -0.25) is 9.59 Å². The summed E-state index contributed by atoms with van der Waals surface area (Å²) in [6.45, 7) is 4.93. The Hall–Kier alpha value is -1.66. The van der Waals surface area contributed by atoms with Gasteiger partial charge in [-0.25, -0.2) is 0 Å².